The third kappa shape index (κ3) is 5.22. The molecule has 2 aliphatic rings. The van der Waals surface area contributed by atoms with Crippen molar-refractivity contribution in [2.24, 2.45) is 5.92 Å². The summed E-state index contributed by atoms with van der Waals surface area (Å²) < 4.78 is 27.8. The molecular weight excluding hydrogens is 436 g/mol. The van der Waals surface area contributed by atoms with Crippen molar-refractivity contribution >= 4 is 21.7 Å². The fourth-order valence-electron chi connectivity index (χ4n) is 4.57. The molecule has 8 heteroatoms. The summed E-state index contributed by atoms with van der Waals surface area (Å²) in [6.45, 7) is 9.97. The third-order valence-corrected chi connectivity index (χ3v) is 8.64. The number of pyridine rings is 1. The smallest absolute Gasteiger partial charge is 0.243 e. The largest absolute Gasteiger partial charge is 0.353 e. The van der Waals surface area contributed by atoms with Gasteiger partial charge in [0.1, 0.15) is 5.82 Å². The van der Waals surface area contributed by atoms with E-state index in [1.54, 1.807) is 18.3 Å². The minimum absolute atomic E-state index is 0.0237. The van der Waals surface area contributed by atoms with Gasteiger partial charge in [-0.05, 0) is 48.1 Å². The second-order valence-corrected chi connectivity index (χ2v) is 11.9. The first kappa shape index (κ1) is 23.7. The lowest BCUT2D eigenvalue weighted by atomic mass is 9.87. The number of hydrogen-bond acceptors (Lipinski definition) is 5. The van der Waals surface area contributed by atoms with Gasteiger partial charge in [0.25, 0.3) is 0 Å². The number of amides is 1. The van der Waals surface area contributed by atoms with Gasteiger partial charge < -0.3 is 9.80 Å². The molecule has 0 unspecified atom stereocenters. The summed E-state index contributed by atoms with van der Waals surface area (Å²) in [5.74, 6) is 0.988. The lowest BCUT2D eigenvalue weighted by Crippen LogP contribution is -2.52. The molecule has 1 aromatic carbocycles. The number of rotatable bonds is 4. The molecule has 0 aliphatic carbocycles. The molecule has 2 fully saturated rings. The summed E-state index contributed by atoms with van der Waals surface area (Å²) in [7, 11) is -3.54. The number of carbonyl (C=O) groups excluding carboxylic acids is 1. The lowest BCUT2D eigenvalue weighted by Gasteiger charge is -2.38. The monoisotopic (exact) mass is 470 g/mol. The quantitative estimate of drug-likeness (QED) is 0.686. The summed E-state index contributed by atoms with van der Waals surface area (Å²) in [5.41, 5.74) is 1.08. The van der Waals surface area contributed by atoms with Crippen molar-refractivity contribution in [1.29, 1.82) is 0 Å². The molecule has 1 aromatic heterocycles. The predicted molar refractivity (Wildman–Crippen MR) is 130 cm³/mol. The summed E-state index contributed by atoms with van der Waals surface area (Å²) >= 11 is 0. The van der Waals surface area contributed by atoms with E-state index < -0.39 is 10.0 Å². The maximum absolute atomic E-state index is 13.1. The van der Waals surface area contributed by atoms with Crippen molar-refractivity contribution in [3.8, 4) is 0 Å². The number of benzene rings is 1. The van der Waals surface area contributed by atoms with Crippen LogP contribution in [-0.2, 0) is 20.2 Å². The van der Waals surface area contributed by atoms with Crippen molar-refractivity contribution < 1.29 is 13.2 Å². The van der Waals surface area contributed by atoms with Crippen LogP contribution in [0.15, 0.2) is 53.6 Å². The van der Waals surface area contributed by atoms with Crippen LogP contribution in [0.5, 0.6) is 0 Å². The fraction of sp³-hybridized carbons (Fsp3) is 0.520. The van der Waals surface area contributed by atoms with E-state index in [4.69, 9.17) is 0 Å². The summed E-state index contributed by atoms with van der Waals surface area (Å²) in [5, 5.41) is 0. The molecule has 0 atom stereocenters. The average molecular weight is 471 g/mol. The molecule has 7 nitrogen and oxygen atoms in total. The van der Waals surface area contributed by atoms with Crippen molar-refractivity contribution in [2.75, 3.05) is 44.2 Å². The minimum Gasteiger partial charge on any atom is -0.353 e. The zero-order valence-electron chi connectivity index (χ0n) is 19.8. The van der Waals surface area contributed by atoms with Crippen LogP contribution < -0.4 is 4.90 Å². The molecule has 0 radical (unpaired) electrons. The fourth-order valence-corrected chi connectivity index (χ4v) is 6.04. The molecule has 2 aliphatic heterocycles. The van der Waals surface area contributed by atoms with E-state index in [1.165, 1.54) is 4.31 Å². The van der Waals surface area contributed by atoms with Gasteiger partial charge in [-0.15, -0.1) is 0 Å². The highest BCUT2D eigenvalue weighted by Gasteiger charge is 2.34. The number of anilines is 1. The second kappa shape index (κ2) is 9.43. The van der Waals surface area contributed by atoms with E-state index in [2.05, 4.69) is 30.7 Å². The normalized spacial score (nSPS) is 19.0. The van der Waals surface area contributed by atoms with Gasteiger partial charge in [0, 0.05) is 51.4 Å². The molecule has 33 heavy (non-hydrogen) atoms. The number of piperazine rings is 1. The van der Waals surface area contributed by atoms with Crippen LogP contribution in [0.4, 0.5) is 5.82 Å². The Morgan fingerprint density at radius 3 is 2.09 bits per heavy atom. The number of sulfonamides is 1. The van der Waals surface area contributed by atoms with E-state index >= 15 is 0 Å². The number of hydrogen-bond donors (Lipinski definition) is 0. The highest BCUT2D eigenvalue weighted by Crippen LogP contribution is 2.28. The van der Waals surface area contributed by atoms with Crippen molar-refractivity contribution in [3.63, 3.8) is 0 Å². The zero-order valence-corrected chi connectivity index (χ0v) is 20.6. The van der Waals surface area contributed by atoms with Gasteiger partial charge >= 0.3 is 0 Å². The predicted octanol–water partition coefficient (Wildman–Crippen LogP) is 3.13. The Balaban J connectivity index is 1.31. The standard InChI is InChI=1S/C25H34N4O3S/c1-25(2,3)21-7-9-22(10-8-21)33(31,32)29-14-11-20(12-15-29)24(30)28-18-16-27(17-19-28)23-6-4-5-13-26-23/h4-10,13,20H,11-12,14-19H2,1-3H3. The van der Waals surface area contributed by atoms with Gasteiger partial charge in [-0.2, -0.15) is 4.31 Å². The van der Waals surface area contributed by atoms with Gasteiger partial charge in [-0.25, -0.2) is 13.4 Å². The molecule has 0 bridgehead atoms. The van der Waals surface area contributed by atoms with Crippen LogP contribution in [0.2, 0.25) is 0 Å². The van der Waals surface area contributed by atoms with Gasteiger partial charge in [0.05, 0.1) is 4.90 Å². The molecule has 2 aromatic rings. The molecule has 2 saturated heterocycles. The van der Waals surface area contributed by atoms with Gasteiger partial charge in [-0.1, -0.05) is 39.0 Å². The van der Waals surface area contributed by atoms with Crippen molar-refractivity contribution in [2.45, 2.75) is 43.9 Å². The Morgan fingerprint density at radius 1 is 0.909 bits per heavy atom. The molecule has 3 heterocycles. The van der Waals surface area contributed by atoms with Crippen molar-refractivity contribution in [3.05, 3.63) is 54.2 Å². The van der Waals surface area contributed by atoms with Crippen LogP contribution >= 0.6 is 0 Å². The van der Waals surface area contributed by atoms with Crippen LogP contribution in [-0.4, -0.2) is 67.8 Å². The maximum atomic E-state index is 13.1. The summed E-state index contributed by atoms with van der Waals surface area (Å²) in [6.07, 6.45) is 2.92. The Labute approximate surface area is 197 Å². The molecule has 0 saturated carbocycles. The summed E-state index contributed by atoms with van der Waals surface area (Å²) in [6, 6.07) is 13.1. The third-order valence-electron chi connectivity index (χ3n) is 6.73. The number of nitrogens with zero attached hydrogens (tertiary/aromatic N) is 4. The molecule has 0 spiro atoms. The Bertz CT molecular complexity index is 1050. The van der Waals surface area contributed by atoms with Gasteiger partial charge in [-0.3, -0.25) is 4.79 Å². The van der Waals surface area contributed by atoms with Gasteiger partial charge in [0.15, 0.2) is 0 Å². The number of aromatic nitrogens is 1. The van der Waals surface area contributed by atoms with E-state index in [0.29, 0.717) is 43.9 Å². The van der Waals surface area contributed by atoms with Crippen LogP contribution in [0.3, 0.4) is 0 Å². The summed E-state index contributed by atoms with van der Waals surface area (Å²) in [4.78, 5) is 21.9. The first-order valence-corrected chi connectivity index (χ1v) is 13.2. The lowest BCUT2D eigenvalue weighted by molar-refractivity contribution is -0.137. The highest BCUT2D eigenvalue weighted by molar-refractivity contribution is 7.89. The Morgan fingerprint density at radius 2 is 1.55 bits per heavy atom. The minimum atomic E-state index is -3.54. The van der Waals surface area contributed by atoms with E-state index in [0.717, 1.165) is 24.5 Å². The first-order chi connectivity index (χ1) is 15.7. The second-order valence-electron chi connectivity index (χ2n) is 9.95. The Hall–Kier alpha value is -2.45. The highest BCUT2D eigenvalue weighted by atomic mass is 32.2. The molecule has 1 amide bonds. The Kier molecular flexibility index (Phi) is 6.77. The topological polar surface area (TPSA) is 73.8 Å². The van der Waals surface area contributed by atoms with E-state index in [-0.39, 0.29) is 17.2 Å². The van der Waals surface area contributed by atoms with Gasteiger partial charge in [0.2, 0.25) is 15.9 Å². The van der Waals surface area contributed by atoms with E-state index in [1.807, 2.05) is 35.2 Å². The SMILES string of the molecule is CC(C)(C)c1ccc(S(=O)(=O)N2CCC(C(=O)N3CCN(c4ccccn4)CC3)CC2)cc1. The van der Waals surface area contributed by atoms with Crippen LogP contribution in [0.1, 0.15) is 39.2 Å². The maximum Gasteiger partial charge on any atom is 0.243 e. The number of piperidine rings is 1. The average Bonchev–Trinajstić information content (AvgIpc) is 2.84. The zero-order chi connectivity index (χ0) is 23.6. The molecule has 178 valence electrons. The van der Waals surface area contributed by atoms with Crippen molar-refractivity contribution in [1.82, 2.24) is 14.2 Å². The molecular formula is C25H34N4O3S. The van der Waals surface area contributed by atoms with Crippen LogP contribution in [0.25, 0.3) is 0 Å². The molecule has 4 rings (SSSR count). The number of carbonyl (C=O) groups is 1. The van der Waals surface area contributed by atoms with E-state index in [9.17, 15) is 13.2 Å². The van der Waals surface area contributed by atoms with Crippen LogP contribution in [0, 0.1) is 5.92 Å². The molecule has 0 N–H and O–H groups in total. The first-order valence-electron chi connectivity index (χ1n) is 11.7.